The van der Waals surface area contributed by atoms with Gasteiger partial charge in [-0.3, -0.25) is 19.2 Å². The number of carboxylic acids is 1. The second-order valence-electron chi connectivity index (χ2n) is 11.6. The minimum absolute atomic E-state index is 0. The van der Waals surface area contributed by atoms with E-state index in [1.54, 1.807) is 26.0 Å². The van der Waals surface area contributed by atoms with Crippen molar-refractivity contribution in [2.24, 2.45) is 17.8 Å². The first kappa shape index (κ1) is 33.2. The number of allylic oxidation sites excluding steroid dienone is 1. The maximum absolute atomic E-state index is 14.0. The third-order valence-corrected chi connectivity index (χ3v) is 9.32. The fraction of sp³-hybridized carbons (Fsp3) is 0.353. The maximum atomic E-state index is 14.0. The average molecular weight is 633 g/mol. The second kappa shape index (κ2) is 12.6. The molecule has 3 aliphatic rings. The van der Waals surface area contributed by atoms with Crippen LogP contribution in [0.3, 0.4) is 0 Å². The summed E-state index contributed by atoms with van der Waals surface area (Å²) in [4.78, 5) is 65.6. The van der Waals surface area contributed by atoms with Crippen molar-refractivity contribution in [2.75, 3.05) is 13.7 Å². The number of aliphatic carboxylic acids is 1. The zero-order valence-corrected chi connectivity index (χ0v) is 27.7. The zero-order chi connectivity index (χ0) is 32.3. The van der Waals surface area contributed by atoms with E-state index in [9.17, 15) is 29.4 Å². The van der Waals surface area contributed by atoms with Crippen LogP contribution in [0.4, 0.5) is 0 Å². The molecule has 12 heteroatoms. The van der Waals surface area contributed by atoms with Crippen LogP contribution in [-0.2, 0) is 20.7 Å². The van der Waals surface area contributed by atoms with Crippen molar-refractivity contribution in [3.05, 3.63) is 83.6 Å². The number of hydrogen-bond donors (Lipinski definition) is 2. The summed E-state index contributed by atoms with van der Waals surface area (Å²) in [6, 6.07) is 0. The molecule has 3 aromatic rings. The summed E-state index contributed by atoms with van der Waals surface area (Å²) in [7, 11) is 1.20. The van der Waals surface area contributed by atoms with Gasteiger partial charge >= 0.3 is 35.0 Å². The van der Waals surface area contributed by atoms with E-state index in [1.165, 1.54) is 7.11 Å². The first-order chi connectivity index (χ1) is 21.5. The number of fused-ring (bicyclic) bond motifs is 7. The zero-order valence-electron chi connectivity index (χ0n) is 26.3. The molecule has 11 nitrogen and oxygen atoms in total. The third-order valence-electron chi connectivity index (χ3n) is 9.32. The van der Waals surface area contributed by atoms with E-state index in [2.05, 4.69) is 0 Å². The molecular formula is C34H32MgN4O7-2. The molecule has 2 aliphatic heterocycles. The van der Waals surface area contributed by atoms with Crippen LogP contribution >= 0.6 is 0 Å². The van der Waals surface area contributed by atoms with Gasteiger partial charge in [0, 0.05) is 24.2 Å². The average Bonchev–Trinajstić information content (AvgIpc) is 3.76. The van der Waals surface area contributed by atoms with Gasteiger partial charge in [0.1, 0.15) is 12.2 Å². The summed E-state index contributed by atoms with van der Waals surface area (Å²) in [6.07, 6.45) is 6.55. The molecule has 1 saturated heterocycles. The molecule has 1 aliphatic carbocycles. The SMILES string of the molecule is CCc1c(C)/c2[n-]/c1=C\c1[n-]c3c(c1C)C(=O)[C@H](C(=O)OC)/C3=C1/[N-]/C(=C\c3[n-]c(c(C=O)c3C)\C=2)[C@@H](CO)[C@@H]1CCC(=O)O.[Mg+2]. The largest absolute Gasteiger partial charge is 2.00 e. The molecule has 0 spiro atoms. The van der Waals surface area contributed by atoms with Crippen molar-refractivity contribution in [1.82, 2.24) is 15.0 Å². The minimum atomic E-state index is -1.34. The topological polar surface area (TPSA) is 174 Å². The molecule has 6 rings (SSSR count). The van der Waals surface area contributed by atoms with Crippen molar-refractivity contribution in [1.29, 1.82) is 0 Å². The summed E-state index contributed by atoms with van der Waals surface area (Å²) in [5.41, 5.74) is 6.45. The number of ether oxygens (including phenoxy) is 1. The van der Waals surface area contributed by atoms with Crippen molar-refractivity contribution >= 4 is 70.9 Å². The summed E-state index contributed by atoms with van der Waals surface area (Å²) < 4.78 is 5.07. The summed E-state index contributed by atoms with van der Waals surface area (Å²) >= 11 is 0. The molecule has 0 aromatic carbocycles. The number of carbonyl (C=O) groups excluding carboxylic acids is 3. The fourth-order valence-corrected chi connectivity index (χ4v) is 6.90. The Hall–Kier alpha value is -4.13. The van der Waals surface area contributed by atoms with Crippen molar-refractivity contribution in [3.8, 4) is 0 Å². The monoisotopic (exact) mass is 632 g/mol. The molecule has 0 saturated carbocycles. The van der Waals surface area contributed by atoms with Gasteiger partial charge in [0.15, 0.2) is 5.78 Å². The molecule has 0 radical (unpaired) electrons. The Morgan fingerprint density at radius 3 is 2.28 bits per heavy atom. The molecule has 234 valence electrons. The van der Waals surface area contributed by atoms with Crippen molar-refractivity contribution < 1.29 is 34.1 Å². The first-order valence-electron chi connectivity index (χ1n) is 14.8. The summed E-state index contributed by atoms with van der Waals surface area (Å²) in [6.45, 7) is 7.13. The smallest absolute Gasteiger partial charge is 0.664 e. The molecule has 0 amide bonds. The number of methoxy groups -OCH3 is 1. The van der Waals surface area contributed by atoms with Crippen LogP contribution in [0.5, 0.6) is 0 Å². The summed E-state index contributed by atoms with van der Waals surface area (Å²) in [5, 5.41) is 26.4. The van der Waals surface area contributed by atoms with Gasteiger partial charge in [-0.15, -0.1) is 33.5 Å². The number of aromatic nitrogens is 3. The van der Waals surface area contributed by atoms with E-state index in [4.69, 9.17) is 25.0 Å². The molecule has 1 fully saturated rings. The van der Waals surface area contributed by atoms with Gasteiger partial charge in [-0.25, -0.2) is 0 Å². The molecule has 5 heterocycles. The normalized spacial score (nSPS) is 23.7. The first-order valence-corrected chi connectivity index (χ1v) is 14.8. The molecule has 3 atom stereocenters. The van der Waals surface area contributed by atoms with E-state index < -0.39 is 35.5 Å². The Bertz CT molecular complexity index is 1990. The van der Waals surface area contributed by atoms with Crippen LogP contribution in [0.1, 0.15) is 85.5 Å². The Morgan fingerprint density at radius 1 is 0.957 bits per heavy atom. The molecule has 8 bridgehead atoms. The number of carbonyl (C=O) groups is 4. The number of nitrogens with zero attached hydrogens (tertiary/aromatic N) is 4. The predicted molar refractivity (Wildman–Crippen MR) is 169 cm³/mol. The van der Waals surface area contributed by atoms with Gasteiger partial charge in [-0.05, 0) is 45.4 Å². The second-order valence-corrected chi connectivity index (χ2v) is 11.6. The number of rotatable bonds is 7. The van der Waals surface area contributed by atoms with Gasteiger partial charge in [0.2, 0.25) is 0 Å². The molecule has 46 heavy (non-hydrogen) atoms. The van der Waals surface area contributed by atoms with Crippen LogP contribution in [0, 0.1) is 38.5 Å². The Kier molecular flexibility index (Phi) is 9.09. The Labute approximate surface area is 281 Å². The number of aldehydes is 1. The summed E-state index contributed by atoms with van der Waals surface area (Å²) in [5.74, 6) is -4.95. The molecule has 3 aromatic heterocycles. The number of ketones is 1. The van der Waals surface area contributed by atoms with Gasteiger partial charge in [0.25, 0.3) is 0 Å². The number of Topliss-reactive ketones (excluding diaryl/α,β-unsaturated/α-hetero) is 1. The van der Waals surface area contributed by atoms with Gasteiger partial charge in [-0.1, -0.05) is 53.0 Å². The predicted octanol–water partition coefficient (Wildman–Crippen LogP) is 1.66. The number of aliphatic hydroxyl groups excluding tert-OH is 1. The van der Waals surface area contributed by atoms with Gasteiger partial charge < -0.3 is 35.2 Å². The number of aliphatic hydroxyl groups is 1. The van der Waals surface area contributed by atoms with E-state index >= 15 is 0 Å². The van der Waals surface area contributed by atoms with Crippen LogP contribution in [0.2, 0.25) is 0 Å². The fourth-order valence-electron chi connectivity index (χ4n) is 6.90. The van der Waals surface area contributed by atoms with Crippen LogP contribution < -0.4 is 25.7 Å². The van der Waals surface area contributed by atoms with Crippen LogP contribution in [0.25, 0.3) is 29.1 Å². The molecule has 2 N–H and O–H groups in total. The Balaban J connectivity index is 0.00000417. The third kappa shape index (κ3) is 5.08. The minimum Gasteiger partial charge on any atom is -0.664 e. The maximum Gasteiger partial charge on any atom is 2.00 e. The van der Waals surface area contributed by atoms with E-state index in [1.807, 2.05) is 19.9 Å². The van der Waals surface area contributed by atoms with Crippen LogP contribution in [0.15, 0.2) is 11.4 Å². The van der Waals surface area contributed by atoms with Crippen LogP contribution in [-0.4, -0.2) is 71.0 Å². The van der Waals surface area contributed by atoms with E-state index in [0.29, 0.717) is 68.0 Å². The standard InChI is InChI=1S/C34H35N4O7.Mg/c1-6-17-14(2)21-9-25-19(12-39)15(3)22(36-25)10-26-20(13-40)18(7-8-27(41)42)31(38-26)29-30(34(44)45-5)33(43)28-16(4)23(37-32(28)29)11-24(17)35-21;/h9-12,18,20,30,40H,6-8,13H2,1-5H3,(H4-,35,36,37,38,39,41,42,43);/q-1;+2/p-3/b26-10-;/t18-,20-,30+;/m0./s1. The van der Waals surface area contributed by atoms with E-state index in [0.717, 1.165) is 17.4 Å². The number of esters is 1. The van der Waals surface area contributed by atoms with Gasteiger partial charge in [0.05, 0.1) is 7.11 Å². The number of carboxylic acid groups (broad SMARTS) is 1. The van der Waals surface area contributed by atoms with Crippen molar-refractivity contribution in [2.45, 2.75) is 47.0 Å². The molecule has 0 unspecified atom stereocenters. The van der Waals surface area contributed by atoms with E-state index in [-0.39, 0.29) is 53.6 Å². The van der Waals surface area contributed by atoms with Gasteiger partial charge in [-0.2, -0.15) is 11.4 Å². The molecular weight excluding hydrogens is 601 g/mol. The quantitative estimate of drug-likeness (QED) is 0.169. The number of hydrogen-bond acceptors (Lipinski definition) is 6. The van der Waals surface area contributed by atoms with Crippen molar-refractivity contribution in [3.63, 3.8) is 0 Å². The Morgan fingerprint density at radius 2 is 1.65 bits per heavy atom.